The number of ether oxygens (including phenoxy) is 1. The van der Waals surface area contributed by atoms with E-state index < -0.39 is 22.6 Å². The maximum atomic E-state index is 14.1. The van der Waals surface area contributed by atoms with Crippen molar-refractivity contribution in [3.05, 3.63) is 47.3 Å². The Labute approximate surface area is 152 Å². The third-order valence-electron chi connectivity index (χ3n) is 6.55. The number of fused-ring (bicyclic) bond motifs is 2. The Kier molecular flexibility index (Phi) is 4.25. The number of hydrazone groups is 1. The Bertz CT molecular complexity index is 843. The summed E-state index contributed by atoms with van der Waals surface area (Å²) >= 11 is 0. The Morgan fingerprint density at radius 2 is 2.00 bits per heavy atom. The summed E-state index contributed by atoms with van der Waals surface area (Å²) in [5.74, 6) is 3.92. The lowest BCUT2D eigenvalue weighted by Crippen LogP contribution is -2.42. The molecule has 0 amide bonds. The fourth-order valence-electron chi connectivity index (χ4n) is 4.64. The summed E-state index contributed by atoms with van der Waals surface area (Å²) in [6, 6.07) is 6.15. The number of Topliss-reactive ketones (excluding diaryl/α,β-unsaturated/α-hetero) is 1. The van der Waals surface area contributed by atoms with Crippen molar-refractivity contribution in [3.8, 4) is 0 Å². The summed E-state index contributed by atoms with van der Waals surface area (Å²) in [5.41, 5.74) is -0.293. The van der Waals surface area contributed by atoms with Crippen LogP contribution < -0.4 is 5.84 Å². The number of rotatable bonds is 3. The van der Waals surface area contributed by atoms with Gasteiger partial charge in [0.25, 0.3) is 0 Å². The second-order valence-corrected chi connectivity index (χ2v) is 7.71. The number of ketones is 1. The van der Waals surface area contributed by atoms with E-state index in [9.17, 15) is 14.0 Å². The fraction of sp³-hybridized carbons (Fsp3) is 0.450. The van der Waals surface area contributed by atoms with E-state index in [-0.39, 0.29) is 28.9 Å². The van der Waals surface area contributed by atoms with Crippen molar-refractivity contribution in [3.63, 3.8) is 0 Å². The van der Waals surface area contributed by atoms with Crippen molar-refractivity contribution in [2.24, 2.45) is 33.6 Å². The molecule has 2 fully saturated rings. The highest BCUT2D eigenvalue weighted by molar-refractivity contribution is 6.16. The minimum atomic E-state index is -0.870. The van der Waals surface area contributed by atoms with Crippen LogP contribution in [0.25, 0.3) is 0 Å². The van der Waals surface area contributed by atoms with Crippen molar-refractivity contribution in [1.29, 1.82) is 0 Å². The highest BCUT2D eigenvalue weighted by atomic mass is 19.1. The van der Waals surface area contributed by atoms with Gasteiger partial charge in [-0.1, -0.05) is 32.9 Å². The first-order valence-corrected chi connectivity index (χ1v) is 8.57. The lowest BCUT2D eigenvalue weighted by molar-refractivity contribution is -0.154. The van der Waals surface area contributed by atoms with Crippen LogP contribution in [0.4, 0.5) is 4.39 Å². The van der Waals surface area contributed by atoms with E-state index in [1.165, 1.54) is 13.2 Å². The number of carbonyl (C=O) groups excluding carboxylic acids is 2. The van der Waals surface area contributed by atoms with Crippen LogP contribution in [0.5, 0.6) is 0 Å². The Balaban J connectivity index is 2.07. The van der Waals surface area contributed by atoms with E-state index >= 15 is 0 Å². The molecule has 26 heavy (non-hydrogen) atoms. The molecule has 2 bridgehead atoms. The number of halogens is 1. The predicted octanol–water partition coefficient (Wildman–Crippen LogP) is 2.84. The molecule has 1 aromatic carbocycles. The Morgan fingerprint density at radius 1 is 1.35 bits per heavy atom. The van der Waals surface area contributed by atoms with Gasteiger partial charge in [0.1, 0.15) is 5.82 Å². The summed E-state index contributed by atoms with van der Waals surface area (Å²) in [6.07, 6.45) is 2.09. The van der Waals surface area contributed by atoms with Crippen LogP contribution in [0.15, 0.2) is 41.0 Å². The molecule has 0 spiro atoms. The van der Waals surface area contributed by atoms with Crippen LogP contribution in [-0.4, -0.2) is 24.6 Å². The summed E-state index contributed by atoms with van der Waals surface area (Å²) < 4.78 is 19.0. The molecule has 0 radical (unpaired) electrons. The van der Waals surface area contributed by atoms with E-state index in [0.29, 0.717) is 12.0 Å². The van der Waals surface area contributed by atoms with Gasteiger partial charge in [-0.15, -0.1) is 0 Å². The zero-order valence-corrected chi connectivity index (χ0v) is 15.4. The average molecular weight is 358 g/mol. The third kappa shape index (κ3) is 2.24. The van der Waals surface area contributed by atoms with Crippen LogP contribution in [0, 0.1) is 28.5 Å². The topological polar surface area (TPSA) is 81.8 Å². The first kappa shape index (κ1) is 18.3. The molecule has 2 aliphatic carbocycles. The number of allylic oxidation sites excluding steroid dienone is 2. The van der Waals surface area contributed by atoms with Gasteiger partial charge in [0.05, 0.1) is 18.7 Å². The van der Waals surface area contributed by atoms with Gasteiger partial charge in [-0.05, 0) is 36.0 Å². The van der Waals surface area contributed by atoms with Gasteiger partial charge >= 0.3 is 5.97 Å². The van der Waals surface area contributed by atoms with Crippen molar-refractivity contribution < 1.29 is 18.7 Å². The SMILES string of the molecule is COC(=O)[C@@H]1C[C@@H]2/C(=C\C(=N\N)c3ccccc3F)C(=O)[C@@]1(C)C2(C)C. The second-order valence-electron chi connectivity index (χ2n) is 7.71. The molecule has 5 nitrogen and oxygen atoms in total. The molecule has 0 saturated heterocycles. The largest absolute Gasteiger partial charge is 0.469 e. The van der Waals surface area contributed by atoms with E-state index in [1.54, 1.807) is 24.3 Å². The molecular formula is C20H23FN2O3. The quantitative estimate of drug-likeness (QED) is 0.296. The van der Waals surface area contributed by atoms with E-state index in [0.717, 1.165) is 0 Å². The minimum Gasteiger partial charge on any atom is -0.469 e. The number of benzene rings is 1. The van der Waals surface area contributed by atoms with Crippen molar-refractivity contribution >= 4 is 17.5 Å². The molecule has 2 N–H and O–H groups in total. The van der Waals surface area contributed by atoms with Crippen LogP contribution in [0.3, 0.4) is 0 Å². The van der Waals surface area contributed by atoms with Crippen LogP contribution >= 0.6 is 0 Å². The third-order valence-corrected chi connectivity index (χ3v) is 6.55. The maximum absolute atomic E-state index is 14.1. The van der Waals surface area contributed by atoms with Crippen LogP contribution in [0.2, 0.25) is 0 Å². The van der Waals surface area contributed by atoms with Gasteiger partial charge in [0, 0.05) is 16.6 Å². The van der Waals surface area contributed by atoms with E-state index in [4.69, 9.17) is 10.6 Å². The lowest BCUT2D eigenvalue weighted by atomic mass is 9.66. The first-order chi connectivity index (χ1) is 12.2. The summed E-state index contributed by atoms with van der Waals surface area (Å²) in [6.45, 7) is 5.80. The number of hydrogen-bond donors (Lipinski definition) is 1. The molecule has 3 rings (SSSR count). The number of nitrogens with two attached hydrogens (primary N) is 1. The van der Waals surface area contributed by atoms with Gasteiger partial charge in [-0.3, -0.25) is 9.59 Å². The zero-order valence-electron chi connectivity index (χ0n) is 15.4. The average Bonchev–Trinajstić information content (AvgIpc) is 2.90. The molecule has 0 aromatic heterocycles. The normalized spacial score (nSPS) is 31.5. The second kappa shape index (κ2) is 6.04. The van der Waals surface area contributed by atoms with Crippen molar-refractivity contribution in [2.45, 2.75) is 27.2 Å². The van der Waals surface area contributed by atoms with Gasteiger partial charge in [-0.2, -0.15) is 5.10 Å². The van der Waals surface area contributed by atoms with Crippen molar-refractivity contribution in [1.82, 2.24) is 0 Å². The zero-order chi connectivity index (χ0) is 19.3. The number of esters is 1. The maximum Gasteiger partial charge on any atom is 0.309 e. The van der Waals surface area contributed by atoms with Crippen LogP contribution in [-0.2, 0) is 14.3 Å². The van der Waals surface area contributed by atoms with Gasteiger partial charge in [0.2, 0.25) is 0 Å². The lowest BCUT2D eigenvalue weighted by Gasteiger charge is -2.35. The van der Waals surface area contributed by atoms with E-state index in [1.807, 2.05) is 20.8 Å². The molecule has 6 heteroatoms. The molecular weight excluding hydrogens is 335 g/mol. The minimum absolute atomic E-state index is 0.119. The molecule has 1 aromatic rings. The molecule has 2 saturated carbocycles. The number of methoxy groups -OCH3 is 1. The van der Waals surface area contributed by atoms with Gasteiger partial charge in [-0.25, -0.2) is 4.39 Å². The molecule has 0 aliphatic heterocycles. The van der Waals surface area contributed by atoms with Gasteiger partial charge < -0.3 is 10.6 Å². The monoisotopic (exact) mass is 358 g/mol. The Hall–Kier alpha value is -2.50. The highest BCUT2D eigenvalue weighted by Crippen LogP contribution is 2.68. The van der Waals surface area contributed by atoms with E-state index in [2.05, 4.69) is 5.10 Å². The molecule has 3 atom stereocenters. The van der Waals surface area contributed by atoms with Crippen molar-refractivity contribution in [2.75, 3.05) is 7.11 Å². The smallest absolute Gasteiger partial charge is 0.309 e. The molecule has 138 valence electrons. The fourth-order valence-corrected chi connectivity index (χ4v) is 4.64. The Morgan fingerprint density at radius 3 is 2.54 bits per heavy atom. The first-order valence-electron chi connectivity index (χ1n) is 8.57. The summed E-state index contributed by atoms with van der Waals surface area (Å²) in [4.78, 5) is 25.4. The number of nitrogens with zero attached hydrogens (tertiary/aromatic N) is 1. The summed E-state index contributed by atoms with van der Waals surface area (Å²) in [7, 11) is 1.34. The predicted molar refractivity (Wildman–Crippen MR) is 95.7 cm³/mol. The molecule has 0 unspecified atom stereocenters. The number of carbonyl (C=O) groups is 2. The standard InChI is InChI=1S/C20H23FN2O3/c1-19(2)13-10-14(18(25)26-4)20(19,3)17(24)12(13)9-16(23-22)11-7-5-6-8-15(11)21/h5-9,13-14H,10,22H2,1-4H3/b12-9+,23-16-/t13-,14+,20+/m1/s1. The van der Waals surface area contributed by atoms with Gasteiger partial charge in [0.15, 0.2) is 5.78 Å². The molecule has 2 aliphatic rings. The summed E-state index contributed by atoms with van der Waals surface area (Å²) in [5, 5.41) is 3.70. The highest BCUT2D eigenvalue weighted by Gasteiger charge is 2.70. The van der Waals surface area contributed by atoms with Crippen LogP contribution in [0.1, 0.15) is 32.8 Å². The molecule has 0 heterocycles. The number of hydrogen-bond acceptors (Lipinski definition) is 5.